The molecule has 1 saturated carbocycles. The van der Waals surface area contributed by atoms with Crippen molar-refractivity contribution in [2.24, 2.45) is 11.7 Å². The highest BCUT2D eigenvalue weighted by Gasteiger charge is 2.22. The predicted octanol–water partition coefficient (Wildman–Crippen LogP) is 0.495. The molecule has 0 amide bonds. The molecule has 3 atom stereocenters. The number of rotatable bonds is 0. The zero-order valence-corrected chi connectivity index (χ0v) is 5.88. The first-order chi connectivity index (χ1) is 4.20. The molecule has 0 aromatic carbocycles. The Morgan fingerprint density at radius 2 is 2.11 bits per heavy atom. The molecule has 1 rings (SSSR count). The quantitative estimate of drug-likeness (QED) is 0.500. The van der Waals surface area contributed by atoms with Crippen LogP contribution in [0.2, 0.25) is 0 Å². The molecule has 1 aliphatic rings. The van der Waals surface area contributed by atoms with E-state index in [9.17, 15) is 5.11 Å². The Morgan fingerprint density at radius 3 is 2.56 bits per heavy atom. The molecule has 54 valence electrons. The molecule has 0 aliphatic heterocycles. The van der Waals surface area contributed by atoms with Gasteiger partial charge in [-0.15, -0.1) is 0 Å². The Labute approximate surface area is 56.1 Å². The minimum absolute atomic E-state index is 0.145. The molecule has 2 nitrogen and oxygen atoms in total. The van der Waals surface area contributed by atoms with Crippen molar-refractivity contribution in [3.8, 4) is 0 Å². The van der Waals surface area contributed by atoms with Crippen molar-refractivity contribution < 1.29 is 5.11 Å². The fraction of sp³-hybridized carbons (Fsp3) is 1.00. The summed E-state index contributed by atoms with van der Waals surface area (Å²) < 4.78 is 0. The maximum absolute atomic E-state index is 9.27. The van der Waals surface area contributed by atoms with E-state index in [0.717, 1.165) is 19.3 Å². The lowest BCUT2D eigenvalue weighted by molar-refractivity contribution is 0.0708. The van der Waals surface area contributed by atoms with Crippen LogP contribution in [-0.2, 0) is 0 Å². The van der Waals surface area contributed by atoms with Crippen molar-refractivity contribution in [3.63, 3.8) is 0 Å². The lowest BCUT2D eigenvalue weighted by atomic mass is 9.85. The first kappa shape index (κ1) is 7.03. The summed E-state index contributed by atoms with van der Waals surface area (Å²) in [6.07, 6.45) is 2.82. The van der Waals surface area contributed by atoms with E-state index in [4.69, 9.17) is 5.73 Å². The van der Waals surface area contributed by atoms with Gasteiger partial charge in [-0.2, -0.15) is 0 Å². The normalized spacial score (nSPS) is 45.0. The highest BCUT2D eigenvalue weighted by Crippen LogP contribution is 2.22. The number of hydrogen-bond donors (Lipinski definition) is 2. The van der Waals surface area contributed by atoms with Crippen molar-refractivity contribution in [2.45, 2.75) is 38.3 Å². The van der Waals surface area contributed by atoms with E-state index in [1.165, 1.54) is 0 Å². The molecular weight excluding hydrogens is 114 g/mol. The van der Waals surface area contributed by atoms with Gasteiger partial charge < -0.3 is 10.8 Å². The summed E-state index contributed by atoms with van der Waals surface area (Å²) >= 11 is 0. The molecule has 0 heterocycles. The molecule has 3 N–H and O–H groups in total. The van der Waals surface area contributed by atoms with Gasteiger partial charge in [-0.05, 0) is 25.2 Å². The van der Waals surface area contributed by atoms with Crippen LogP contribution in [0.5, 0.6) is 0 Å². The van der Waals surface area contributed by atoms with Gasteiger partial charge in [-0.3, -0.25) is 0 Å². The highest BCUT2D eigenvalue weighted by molar-refractivity contribution is 4.78. The molecule has 2 heteroatoms. The zero-order valence-electron chi connectivity index (χ0n) is 5.88. The van der Waals surface area contributed by atoms with Crippen LogP contribution in [0, 0.1) is 5.92 Å². The molecule has 9 heavy (non-hydrogen) atoms. The summed E-state index contributed by atoms with van der Waals surface area (Å²) in [7, 11) is 0. The minimum Gasteiger partial charge on any atom is -0.393 e. The van der Waals surface area contributed by atoms with Crippen molar-refractivity contribution >= 4 is 0 Å². The average Bonchev–Trinajstić information content (AvgIpc) is 1.80. The van der Waals surface area contributed by atoms with Gasteiger partial charge in [0, 0.05) is 6.04 Å². The Kier molecular flexibility index (Phi) is 2.09. The second-order valence-electron chi connectivity index (χ2n) is 3.12. The molecule has 0 radical (unpaired) electrons. The van der Waals surface area contributed by atoms with Crippen molar-refractivity contribution in [2.75, 3.05) is 0 Å². The Hall–Kier alpha value is -0.0800. The monoisotopic (exact) mass is 129 g/mol. The maximum atomic E-state index is 9.27. The Balaban J connectivity index is 2.35. The predicted molar refractivity (Wildman–Crippen MR) is 37.0 cm³/mol. The van der Waals surface area contributed by atoms with E-state index in [1.807, 2.05) is 0 Å². The second kappa shape index (κ2) is 2.67. The third kappa shape index (κ3) is 1.66. The lowest BCUT2D eigenvalue weighted by Gasteiger charge is -2.28. The Bertz CT molecular complexity index is 94.9. The van der Waals surface area contributed by atoms with Crippen LogP contribution in [-0.4, -0.2) is 17.3 Å². The minimum atomic E-state index is -0.145. The molecule has 0 aromatic rings. The summed E-state index contributed by atoms with van der Waals surface area (Å²) in [6, 6.07) is 0.246. The van der Waals surface area contributed by atoms with Gasteiger partial charge in [0.1, 0.15) is 0 Å². The number of nitrogens with two attached hydrogens (primary N) is 1. The molecule has 0 aromatic heterocycles. The van der Waals surface area contributed by atoms with Gasteiger partial charge in [-0.1, -0.05) is 6.92 Å². The summed E-state index contributed by atoms with van der Waals surface area (Å²) in [5.41, 5.74) is 5.63. The molecule has 0 saturated heterocycles. The van der Waals surface area contributed by atoms with Crippen LogP contribution in [0.15, 0.2) is 0 Å². The van der Waals surface area contributed by atoms with Crippen LogP contribution >= 0.6 is 0 Å². The van der Waals surface area contributed by atoms with Gasteiger partial charge >= 0.3 is 0 Å². The fourth-order valence-electron chi connectivity index (χ4n) is 1.33. The third-order valence-corrected chi connectivity index (χ3v) is 2.19. The molecule has 0 bridgehead atoms. The van der Waals surface area contributed by atoms with Gasteiger partial charge in [0.25, 0.3) is 0 Å². The second-order valence-corrected chi connectivity index (χ2v) is 3.12. The van der Waals surface area contributed by atoms with Crippen LogP contribution in [0.25, 0.3) is 0 Å². The van der Waals surface area contributed by atoms with E-state index in [-0.39, 0.29) is 12.1 Å². The van der Waals surface area contributed by atoms with Crippen LogP contribution in [0.1, 0.15) is 26.2 Å². The summed E-state index contributed by atoms with van der Waals surface area (Å²) in [5, 5.41) is 9.27. The topological polar surface area (TPSA) is 46.2 Å². The van der Waals surface area contributed by atoms with Gasteiger partial charge in [0.2, 0.25) is 0 Å². The largest absolute Gasteiger partial charge is 0.393 e. The van der Waals surface area contributed by atoms with Crippen molar-refractivity contribution in [1.82, 2.24) is 0 Å². The third-order valence-electron chi connectivity index (χ3n) is 2.19. The SMILES string of the molecule is C[C@@H]1CC[C@@H](N)C[C@@H]1O. The smallest absolute Gasteiger partial charge is 0.0580 e. The van der Waals surface area contributed by atoms with E-state index in [0.29, 0.717) is 5.92 Å². The molecule has 0 spiro atoms. The molecule has 1 fully saturated rings. The number of hydrogen-bond acceptors (Lipinski definition) is 2. The Morgan fingerprint density at radius 1 is 1.44 bits per heavy atom. The first-order valence-electron chi connectivity index (χ1n) is 3.64. The standard InChI is InChI=1S/C7H15NO/c1-5-2-3-6(8)4-7(5)9/h5-7,9H,2-4,8H2,1H3/t5-,6-,7+/m1/s1. The van der Waals surface area contributed by atoms with E-state index >= 15 is 0 Å². The summed E-state index contributed by atoms with van der Waals surface area (Å²) in [6.45, 7) is 2.08. The van der Waals surface area contributed by atoms with Gasteiger partial charge in [0.15, 0.2) is 0 Å². The van der Waals surface area contributed by atoms with Crippen LogP contribution in [0.3, 0.4) is 0 Å². The highest BCUT2D eigenvalue weighted by atomic mass is 16.3. The molecule has 0 unspecified atom stereocenters. The fourth-order valence-corrected chi connectivity index (χ4v) is 1.33. The first-order valence-corrected chi connectivity index (χ1v) is 3.64. The summed E-state index contributed by atoms with van der Waals surface area (Å²) in [5.74, 6) is 0.463. The van der Waals surface area contributed by atoms with Gasteiger partial charge in [0.05, 0.1) is 6.10 Å². The number of aliphatic hydroxyl groups excluding tert-OH is 1. The van der Waals surface area contributed by atoms with E-state index in [1.54, 1.807) is 0 Å². The number of aliphatic hydroxyl groups is 1. The molecular formula is C7H15NO. The average molecular weight is 129 g/mol. The van der Waals surface area contributed by atoms with E-state index in [2.05, 4.69) is 6.92 Å². The summed E-state index contributed by atoms with van der Waals surface area (Å²) in [4.78, 5) is 0. The maximum Gasteiger partial charge on any atom is 0.0580 e. The lowest BCUT2D eigenvalue weighted by Crippen LogP contribution is -2.35. The van der Waals surface area contributed by atoms with E-state index < -0.39 is 0 Å². The van der Waals surface area contributed by atoms with Crippen molar-refractivity contribution in [3.05, 3.63) is 0 Å². The van der Waals surface area contributed by atoms with Crippen LogP contribution < -0.4 is 5.73 Å². The van der Waals surface area contributed by atoms with Crippen molar-refractivity contribution in [1.29, 1.82) is 0 Å². The zero-order chi connectivity index (χ0) is 6.85. The molecule has 1 aliphatic carbocycles. The van der Waals surface area contributed by atoms with Crippen LogP contribution in [0.4, 0.5) is 0 Å². The van der Waals surface area contributed by atoms with Gasteiger partial charge in [-0.25, -0.2) is 0 Å².